The van der Waals surface area contributed by atoms with Gasteiger partial charge >= 0.3 is 0 Å². The van der Waals surface area contributed by atoms with Crippen LogP contribution in [0.15, 0.2) is 54.6 Å². The molecule has 2 atom stereocenters. The molecule has 0 unspecified atom stereocenters. The van der Waals surface area contributed by atoms with Crippen LogP contribution in [0.3, 0.4) is 0 Å². The largest absolute Gasteiger partial charge is 0.489 e. The third-order valence-electron chi connectivity index (χ3n) is 3.23. The Hall–Kier alpha value is -1.55. The lowest BCUT2D eigenvalue weighted by molar-refractivity contribution is 0.104. The van der Waals surface area contributed by atoms with E-state index >= 15 is 0 Å². The topological polar surface area (TPSA) is 41.5 Å². The minimum atomic E-state index is -0.590. The zero-order valence-corrected chi connectivity index (χ0v) is 12.8. The van der Waals surface area contributed by atoms with E-state index in [1.165, 1.54) is 5.56 Å². The van der Waals surface area contributed by atoms with Gasteiger partial charge in [0, 0.05) is 12.6 Å². The summed E-state index contributed by atoms with van der Waals surface area (Å²) in [6.07, 6.45) is -0.590. The Labute approximate surface area is 130 Å². The first kappa shape index (κ1) is 15.8. The van der Waals surface area contributed by atoms with Crippen molar-refractivity contribution in [1.82, 2.24) is 5.32 Å². The molecule has 0 radical (unpaired) electrons. The van der Waals surface area contributed by atoms with Gasteiger partial charge in [-0.1, -0.05) is 54.1 Å². The second kappa shape index (κ2) is 8.03. The third kappa shape index (κ3) is 5.05. The molecule has 0 spiro atoms. The van der Waals surface area contributed by atoms with Gasteiger partial charge in [0.15, 0.2) is 0 Å². The third-order valence-corrected chi connectivity index (χ3v) is 3.54. The van der Waals surface area contributed by atoms with Crippen LogP contribution in [-0.4, -0.2) is 24.4 Å². The summed E-state index contributed by atoms with van der Waals surface area (Å²) in [7, 11) is 0. The van der Waals surface area contributed by atoms with Gasteiger partial charge in [0.05, 0.1) is 5.02 Å². The fourth-order valence-corrected chi connectivity index (χ4v) is 2.17. The molecule has 21 heavy (non-hydrogen) atoms. The monoisotopic (exact) mass is 305 g/mol. The standard InChI is InChI=1S/C17H20ClNO2/c1-13(14-7-3-2-4-8-14)19-11-15(20)12-21-17-10-6-5-9-16(17)18/h2-10,13,15,19-20H,11-12H2,1H3/t13-,15+/m1/s1. The minimum Gasteiger partial charge on any atom is -0.489 e. The molecule has 0 saturated carbocycles. The quantitative estimate of drug-likeness (QED) is 0.823. The Morgan fingerprint density at radius 1 is 1.10 bits per heavy atom. The molecule has 0 bridgehead atoms. The number of benzene rings is 2. The molecule has 2 rings (SSSR count). The molecule has 0 aromatic heterocycles. The van der Waals surface area contributed by atoms with E-state index in [0.29, 0.717) is 17.3 Å². The summed E-state index contributed by atoms with van der Waals surface area (Å²) in [4.78, 5) is 0. The van der Waals surface area contributed by atoms with E-state index in [-0.39, 0.29) is 12.6 Å². The minimum absolute atomic E-state index is 0.182. The Morgan fingerprint density at radius 2 is 1.76 bits per heavy atom. The second-order valence-corrected chi connectivity index (χ2v) is 5.34. The van der Waals surface area contributed by atoms with Gasteiger partial charge in [0.1, 0.15) is 18.5 Å². The van der Waals surface area contributed by atoms with Crippen LogP contribution >= 0.6 is 11.6 Å². The lowest BCUT2D eigenvalue weighted by atomic mass is 10.1. The zero-order valence-electron chi connectivity index (χ0n) is 12.0. The van der Waals surface area contributed by atoms with Crippen molar-refractivity contribution in [2.45, 2.75) is 19.1 Å². The van der Waals surface area contributed by atoms with Gasteiger partial charge in [-0.2, -0.15) is 0 Å². The van der Waals surface area contributed by atoms with E-state index in [4.69, 9.17) is 16.3 Å². The van der Waals surface area contributed by atoms with Crippen LogP contribution in [0.5, 0.6) is 5.75 Å². The van der Waals surface area contributed by atoms with Gasteiger partial charge < -0.3 is 15.2 Å². The van der Waals surface area contributed by atoms with Gasteiger partial charge in [0.2, 0.25) is 0 Å². The lowest BCUT2D eigenvalue weighted by Crippen LogP contribution is -2.33. The van der Waals surface area contributed by atoms with Gasteiger partial charge in [-0.05, 0) is 24.6 Å². The summed E-state index contributed by atoms with van der Waals surface area (Å²) in [5.74, 6) is 0.592. The number of nitrogens with one attached hydrogen (secondary N) is 1. The van der Waals surface area contributed by atoms with Crippen molar-refractivity contribution in [1.29, 1.82) is 0 Å². The van der Waals surface area contributed by atoms with Crippen LogP contribution in [0.4, 0.5) is 0 Å². The van der Waals surface area contributed by atoms with Gasteiger partial charge in [-0.3, -0.25) is 0 Å². The SMILES string of the molecule is C[C@@H](NC[C@H](O)COc1ccccc1Cl)c1ccccc1. The predicted molar refractivity (Wildman–Crippen MR) is 85.8 cm³/mol. The molecule has 0 aliphatic rings. The number of hydrogen-bond donors (Lipinski definition) is 2. The fraction of sp³-hybridized carbons (Fsp3) is 0.294. The summed E-state index contributed by atoms with van der Waals surface area (Å²) in [6.45, 7) is 2.73. The van der Waals surface area contributed by atoms with Crippen molar-refractivity contribution in [3.8, 4) is 5.75 Å². The highest BCUT2D eigenvalue weighted by Gasteiger charge is 2.10. The first-order valence-electron chi connectivity index (χ1n) is 7.00. The van der Waals surface area contributed by atoms with E-state index in [1.54, 1.807) is 12.1 Å². The summed E-state index contributed by atoms with van der Waals surface area (Å²) < 4.78 is 5.51. The highest BCUT2D eigenvalue weighted by atomic mass is 35.5. The Bertz CT molecular complexity index is 547. The van der Waals surface area contributed by atoms with Crippen molar-refractivity contribution in [2.24, 2.45) is 0 Å². The molecule has 0 fully saturated rings. The van der Waals surface area contributed by atoms with Crippen molar-refractivity contribution in [3.05, 3.63) is 65.2 Å². The lowest BCUT2D eigenvalue weighted by Gasteiger charge is -2.18. The zero-order chi connectivity index (χ0) is 15.1. The van der Waals surface area contributed by atoms with Crippen LogP contribution in [0.25, 0.3) is 0 Å². The van der Waals surface area contributed by atoms with Crippen LogP contribution in [-0.2, 0) is 0 Å². The second-order valence-electron chi connectivity index (χ2n) is 4.94. The van der Waals surface area contributed by atoms with E-state index in [2.05, 4.69) is 24.4 Å². The highest BCUT2D eigenvalue weighted by molar-refractivity contribution is 6.32. The molecule has 112 valence electrons. The van der Waals surface area contributed by atoms with E-state index in [1.807, 2.05) is 30.3 Å². The molecule has 2 N–H and O–H groups in total. The molecule has 0 saturated heterocycles. The van der Waals surface area contributed by atoms with Crippen LogP contribution in [0, 0.1) is 0 Å². The van der Waals surface area contributed by atoms with E-state index in [9.17, 15) is 5.11 Å². The predicted octanol–water partition coefficient (Wildman–Crippen LogP) is 3.43. The van der Waals surface area contributed by atoms with Crippen molar-refractivity contribution < 1.29 is 9.84 Å². The first-order chi connectivity index (χ1) is 10.2. The van der Waals surface area contributed by atoms with Crippen LogP contribution in [0.1, 0.15) is 18.5 Å². The molecule has 0 amide bonds. The molecular weight excluding hydrogens is 286 g/mol. The Balaban J connectivity index is 1.75. The number of rotatable bonds is 7. The van der Waals surface area contributed by atoms with E-state index < -0.39 is 6.10 Å². The number of hydrogen-bond acceptors (Lipinski definition) is 3. The maximum atomic E-state index is 9.97. The van der Waals surface area contributed by atoms with Gasteiger partial charge in [-0.25, -0.2) is 0 Å². The van der Waals surface area contributed by atoms with Crippen LogP contribution < -0.4 is 10.1 Å². The summed E-state index contributed by atoms with van der Waals surface area (Å²) in [5, 5.41) is 13.8. The normalized spacial score (nSPS) is 13.7. The molecular formula is C17H20ClNO2. The average Bonchev–Trinajstić information content (AvgIpc) is 2.52. The molecule has 0 aliphatic heterocycles. The Kier molecular flexibility index (Phi) is 6.05. The molecule has 2 aromatic carbocycles. The number of ether oxygens (including phenoxy) is 1. The molecule has 3 nitrogen and oxygen atoms in total. The van der Waals surface area contributed by atoms with Crippen LogP contribution in [0.2, 0.25) is 5.02 Å². The smallest absolute Gasteiger partial charge is 0.138 e. The summed E-state index contributed by atoms with van der Waals surface area (Å²) in [5.41, 5.74) is 1.19. The number of aliphatic hydroxyl groups excluding tert-OH is 1. The average molecular weight is 306 g/mol. The molecule has 4 heteroatoms. The molecule has 0 heterocycles. The van der Waals surface area contributed by atoms with Crippen molar-refractivity contribution in [2.75, 3.05) is 13.2 Å². The van der Waals surface area contributed by atoms with Gasteiger partial charge in [-0.15, -0.1) is 0 Å². The highest BCUT2D eigenvalue weighted by Crippen LogP contribution is 2.23. The molecule has 2 aromatic rings. The summed E-state index contributed by atoms with van der Waals surface area (Å²) in [6, 6.07) is 17.5. The van der Waals surface area contributed by atoms with Crippen molar-refractivity contribution >= 4 is 11.6 Å². The maximum absolute atomic E-state index is 9.97. The Morgan fingerprint density at radius 3 is 2.48 bits per heavy atom. The molecule has 0 aliphatic carbocycles. The number of halogens is 1. The van der Waals surface area contributed by atoms with Gasteiger partial charge in [0.25, 0.3) is 0 Å². The fourth-order valence-electron chi connectivity index (χ4n) is 1.98. The number of aliphatic hydroxyl groups is 1. The van der Waals surface area contributed by atoms with Crippen molar-refractivity contribution in [3.63, 3.8) is 0 Å². The maximum Gasteiger partial charge on any atom is 0.138 e. The number of para-hydroxylation sites is 1. The van der Waals surface area contributed by atoms with E-state index in [0.717, 1.165) is 0 Å². The summed E-state index contributed by atoms with van der Waals surface area (Å²) >= 11 is 5.99. The first-order valence-corrected chi connectivity index (χ1v) is 7.38.